The summed E-state index contributed by atoms with van der Waals surface area (Å²) in [4.78, 5) is 21.0. The van der Waals surface area contributed by atoms with E-state index in [4.69, 9.17) is 32.7 Å². The molecule has 1 atom stereocenters. The highest BCUT2D eigenvalue weighted by Gasteiger charge is 2.52. The first-order valence-corrected chi connectivity index (χ1v) is 13.5. The molecular weight excluding hydrogens is 521 g/mol. The second kappa shape index (κ2) is 10.6. The van der Waals surface area contributed by atoms with Gasteiger partial charge in [0.1, 0.15) is 0 Å². The number of nitrogens with zero attached hydrogens (tertiary/aromatic N) is 2. The van der Waals surface area contributed by atoms with Gasteiger partial charge >= 0.3 is 0 Å². The summed E-state index contributed by atoms with van der Waals surface area (Å²) in [5, 5.41) is 14.2. The van der Waals surface area contributed by atoms with Gasteiger partial charge in [0.15, 0.2) is 16.6 Å². The molecule has 1 amide bonds. The Morgan fingerprint density at radius 3 is 2.69 bits per heavy atom. The van der Waals surface area contributed by atoms with E-state index in [0.717, 1.165) is 41.8 Å². The second-order valence-electron chi connectivity index (χ2n) is 9.01. The van der Waals surface area contributed by atoms with Gasteiger partial charge in [-0.25, -0.2) is 4.98 Å². The average Bonchev–Trinajstić information content (AvgIpc) is 3.33. The molecule has 190 valence electrons. The number of carbonyl (C=O) groups excluding carboxylic acids is 1. The summed E-state index contributed by atoms with van der Waals surface area (Å²) >= 11 is 13.9. The predicted octanol–water partition coefficient (Wildman–Crippen LogP) is 5.64. The summed E-state index contributed by atoms with van der Waals surface area (Å²) in [7, 11) is 0. The highest BCUT2D eigenvalue weighted by Crippen LogP contribution is 2.51. The Morgan fingerprint density at radius 2 is 1.97 bits per heavy atom. The van der Waals surface area contributed by atoms with Gasteiger partial charge in [-0.15, -0.1) is 0 Å². The lowest BCUT2D eigenvalue weighted by atomic mass is 9.94. The Kier molecular flexibility index (Phi) is 7.42. The third-order valence-corrected chi connectivity index (χ3v) is 8.35. The van der Waals surface area contributed by atoms with Crippen LogP contribution in [-0.2, 0) is 10.2 Å². The summed E-state index contributed by atoms with van der Waals surface area (Å²) in [6.07, 6.45) is 4.23. The first-order chi connectivity index (χ1) is 17.4. The van der Waals surface area contributed by atoms with Crippen LogP contribution in [0.4, 0.5) is 5.13 Å². The summed E-state index contributed by atoms with van der Waals surface area (Å²) in [5.74, 6) is 1.30. The van der Waals surface area contributed by atoms with Gasteiger partial charge in [0, 0.05) is 17.6 Å². The van der Waals surface area contributed by atoms with E-state index < -0.39 is 5.41 Å². The van der Waals surface area contributed by atoms with E-state index in [9.17, 15) is 9.90 Å². The molecule has 0 radical (unpaired) electrons. The van der Waals surface area contributed by atoms with Crippen molar-refractivity contribution in [3.05, 3.63) is 68.6 Å². The van der Waals surface area contributed by atoms with Gasteiger partial charge in [-0.3, -0.25) is 9.69 Å². The third-order valence-electron chi connectivity index (χ3n) is 6.65. The van der Waals surface area contributed by atoms with Gasteiger partial charge < -0.3 is 19.9 Å². The third kappa shape index (κ3) is 4.93. The molecule has 1 aliphatic heterocycles. The zero-order valence-electron chi connectivity index (χ0n) is 19.8. The second-order valence-corrected chi connectivity index (χ2v) is 10.9. The van der Waals surface area contributed by atoms with Crippen molar-refractivity contribution in [3.63, 3.8) is 0 Å². The number of fused-ring (bicyclic) bond motifs is 1. The highest BCUT2D eigenvalue weighted by atomic mass is 35.5. The number of aliphatic hydroxyl groups excluding tert-OH is 1. The van der Waals surface area contributed by atoms with Crippen molar-refractivity contribution in [3.8, 4) is 11.5 Å². The van der Waals surface area contributed by atoms with Crippen LogP contribution in [0.3, 0.4) is 0 Å². The fraction of sp³-hybridized carbons (Fsp3) is 0.385. The molecule has 1 fully saturated rings. The largest absolute Gasteiger partial charge is 0.454 e. The quantitative estimate of drug-likeness (QED) is 0.341. The molecule has 2 aromatic carbocycles. The molecule has 7 nitrogen and oxygen atoms in total. The number of aromatic nitrogens is 1. The van der Waals surface area contributed by atoms with Crippen LogP contribution in [0.15, 0.2) is 42.6 Å². The van der Waals surface area contributed by atoms with Crippen molar-refractivity contribution in [1.82, 2.24) is 9.88 Å². The maximum absolute atomic E-state index is 13.4. The molecule has 3 aromatic rings. The van der Waals surface area contributed by atoms with Crippen LogP contribution < -0.4 is 14.8 Å². The number of ether oxygens (including phenoxy) is 2. The van der Waals surface area contributed by atoms with Gasteiger partial charge in [-0.05, 0) is 61.2 Å². The maximum Gasteiger partial charge on any atom is 0.236 e. The Morgan fingerprint density at radius 1 is 1.17 bits per heavy atom. The minimum atomic E-state index is -0.582. The zero-order chi connectivity index (χ0) is 25.3. The molecule has 0 spiro atoms. The molecule has 5 rings (SSSR count). The molecule has 1 aromatic heterocycles. The minimum Gasteiger partial charge on any atom is -0.454 e. The SMILES string of the molecule is CCCN(CCO)[C@H](c1ccc(Cl)c(Cl)c1)c1cnc(NC(=O)C2(c3ccc4c(c3)OCO4)CC2)s1. The van der Waals surface area contributed by atoms with Crippen molar-refractivity contribution in [2.75, 3.05) is 31.8 Å². The Labute approximate surface area is 224 Å². The van der Waals surface area contributed by atoms with E-state index in [1.165, 1.54) is 11.3 Å². The molecule has 0 saturated heterocycles. The summed E-state index contributed by atoms with van der Waals surface area (Å²) in [6.45, 7) is 3.59. The molecule has 1 saturated carbocycles. The number of rotatable bonds is 10. The Hall–Kier alpha value is -2.36. The van der Waals surface area contributed by atoms with E-state index >= 15 is 0 Å². The fourth-order valence-electron chi connectivity index (χ4n) is 4.68. The number of anilines is 1. The maximum atomic E-state index is 13.4. The number of hydrogen-bond donors (Lipinski definition) is 2. The number of carbonyl (C=O) groups is 1. The molecule has 0 unspecified atom stereocenters. The number of halogens is 2. The summed E-state index contributed by atoms with van der Waals surface area (Å²) in [6, 6.07) is 11.1. The summed E-state index contributed by atoms with van der Waals surface area (Å²) in [5.41, 5.74) is 1.29. The van der Waals surface area contributed by atoms with Crippen LogP contribution in [0.1, 0.15) is 48.2 Å². The van der Waals surface area contributed by atoms with Crippen LogP contribution in [0.25, 0.3) is 0 Å². The van der Waals surface area contributed by atoms with Crippen LogP contribution >= 0.6 is 34.5 Å². The number of hydrogen-bond acceptors (Lipinski definition) is 7. The molecule has 1 aliphatic carbocycles. The number of benzene rings is 2. The van der Waals surface area contributed by atoms with Gasteiger partial charge in [0.05, 0.1) is 28.1 Å². The summed E-state index contributed by atoms with van der Waals surface area (Å²) < 4.78 is 10.9. The van der Waals surface area contributed by atoms with Gasteiger partial charge in [-0.1, -0.05) is 53.6 Å². The van der Waals surface area contributed by atoms with Crippen molar-refractivity contribution in [2.45, 2.75) is 37.6 Å². The number of thiazole rings is 1. The molecular formula is C26H27Cl2N3O4S. The molecule has 2 heterocycles. The van der Waals surface area contributed by atoms with Crippen LogP contribution in [0.5, 0.6) is 11.5 Å². The zero-order valence-corrected chi connectivity index (χ0v) is 22.1. The van der Waals surface area contributed by atoms with Crippen LogP contribution in [0, 0.1) is 0 Å². The Balaban J connectivity index is 1.40. The molecule has 2 aliphatic rings. The van der Waals surface area contributed by atoms with E-state index in [1.54, 1.807) is 12.3 Å². The molecule has 2 N–H and O–H groups in total. The standard InChI is InChI=1S/C26H27Cl2N3O4S/c1-2-9-31(10-11-32)23(16-3-5-18(27)19(28)12-16)22-14-29-25(36-22)30-24(33)26(7-8-26)17-4-6-20-21(13-17)35-15-34-20/h3-6,12-14,23,32H,2,7-11,15H2,1H3,(H,29,30,33)/t23-/m1/s1. The highest BCUT2D eigenvalue weighted by molar-refractivity contribution is 7.15. The van der Waals surface area contributed by atoms with Crippen LogP contribution in [0.2, 0.25) is 10.0 Å². The van der Waals surface area contributed by atoms with Gasteiger partial charge in [0.2, 0.25) is 12.7 Å². The lowest BCUT2D eigenvalue weighted by Gasteiger charge is -2.30. The van der Waals surface area contributed by atoms with E-state index in [2.05, 4.69) is 22.1 Å². The predicted molar refractivity (Wildman–Crippen MR) is 141 cm³/mol. The first kappa shape index (κ1) is 25.3. The molecule has 10 heteroatoms. The minimum absolute atomic E-state index is 0.0261. The average molecular weight is 548 g/mol. The van der Waals surface area contributed by atoms with E-state index in [1.807, 2.05) is 30.3 Å². The van der Waals surface area contributed by atoms with Gasteiger partial charge in [0.25, 0.3) is 0 Å². The number of aliphatic hydroxyl groups is 1. The Bertz CT molecular complexity index is 1260. The van der Waals surface area contributed by atoms with E-state index in [0.29, 0.717) is 33.2 Å². The number of nitrogens with one attached hydrogen (secondary N) is 1. The molecule has 36 heavy (non-hydrogen) atoms. The fourth-order valence-corrected chi connectivity index (χ4v) is 5.96. The van der Waals surface area contributed by atoms with Crippen molar-refractivity contribution >= 4 is 45.6 Å². The monoisotopic (exact) mass is 547 g/mol. The normalized spacial score (nSPS) is 16.2. The topological polar surface area (TPSA) is 83.9 Å². The molecule has 0 bridgehead atoms. The van der Waals surface area contributed by atoms with Crippen molar-refractivity contribution in [1.29, 1.82) is 0 Å². The van der Waals surface area contributed by atoms with E-state index in [-0.39, 0.29) is 25.3 Å². The van der Waals surface area contributed by atoms with Gasteiger partial charge in [-0.2, -0.15) is 0 Å². The van der Waals surface area contributed by atoms with Crippen molar-refractivity contribution in [2.24, 2.45) is 0 Å². The van der Waals surface area contributed by atoms with Crippen molar-refractivity contribution < 1.29 is 19.4 Å². The first-order valence-electron chi connectivity index (χ1n) is 11.9. The lowest BCUT2D eigenvalue weighted by Crippen LogP contribution is -2.32. The lowest BCUT2D eigenvalue weighted by molar-refractivity contribution is -0.118. The van der Waals surface area contributed by atoms with Crippen LogP contribution in [-0.4, -0.2) is 47.4 Å². The smallest absolute Gasteiger partial charge is 0.236 e. The number of amides is 1.